The first-order chi connectivity index (χ1) is 21.5. The number of nitrogens with one attached hydrogen (secondary N) is 2. The number of carbonyl (C=O) groups is 2. The molecule has 0 saturated heterocycles. The first-order valence-corrected chi connectivity index (χ1v) is 14.5. The van der Waals surface area contributed by atoms with Gasteiger partial charge < -0.3 is 24.6 Å². The maximum atomic E-state index is 15.0. The summed E-state index contributed by atoms with van der Waals surface area (Å²) in [6.07, 6.45) is 0.822. The number of aliphatic hydroxyl groups excluding tert-OH is 1. The van der Waals surface area contributed by atoms with Crippen LogP contribution < -0.4 is 20.1 Å². The van der Waals surface area contributed by atoms with Crippen molar-refractivity contribution in [2.24, 2.45) is 0 Å². The monoisotopic (exact) mass is 636 g/mol. The summed E-state index contributed by atoms with van der Waals surface area (Å²) in [7, 11) is 1.52. The standard InChI is InChI=1S/C29H29FN8O6S/c1-13-6-18(23-20(7-13)36-22(42-5)12-31-23)27-37-21-8-19(30)26(38-28(21)45-27)43-15(3)16(4)44-29(41)35-17-10-32-24(33-11-17)25(40)34-9-14(2)39/h6-8,10-12,14-16,39H,9H2,1-5H3,(H,34,40)(H,35,41)/t14-,15-,16+/m0/s1. The largest absolute Gasteiger partial charge is 0.480 e. The van der Waals surface area contributed by atoms with Crippen LogP contribution in [0.2, 0.25) is 0 Å². The molecule has 3 N–H and O–H groups in total. The molecule has 0 saturated carbocycles. The molecule has 14 nitrogen and oxygen atoms in total. The van der Waals surface area contributed by atoms with Gasteiger partial charge in [0.25, 0.3) is 11.8 Å². The first-order valence-electron chi connectivity index (χ1n) is 13.7. The lowest BCUT2D eigenvalue weighted by molar-refractivity contribution is 0.0379. The number of benzene rings is 1. The lowest BCUT2D eigenvalue weighted by Gasteiger charge is -2.21. The molecule has 0 fully saturated rings. The van der Waals surface area contributed by atoms with Crippen molar-refractivity contribution in [2.45, 2.75) is 46.0 Å². The predicted molar refractivity (Wildman–Crippen MR) is 163 cm³/mol. The molecule has 0 bridgehead atoms. The third kappa shape index (κ3) is 7.35. The average Bonchev–Trinajstić information content (AvgIpc) is 3.41. The molecule has 0 unspecified atom stereocenters. The highest BCUT2D eigenvalue weighted by molar-refractivity contribution is 7.21. The number of halogens is 1. The fraction of sp³-hybridized carbons (Fsp3) is 0.310. The number of hydrogen-bond donors (Lipinski definition) is 3. The number of rotatable bonds is 10. The zero-order valence-electron chi connectivity index (χ0n) is 24.9. The number of pyridine rings is 1. The number of aromatic nitrogens is 6. The van der Waals surface area contributed by atoms with Crippen molar-refractivity contribution in [3.63, 3.8) is 0 Å². The zero-order chi connectivity index (χ0) is 32.2. The van der Waals surface area contributed by atoms with E-state index in [1.54, 1.807) is 13.8 Å². The molecule has 0 aliphatic heterocycles. The Morgan fingerprint density at radius 1 is 1.00 bits per heavy atom. The maximum Gasteiger partial charge on any atom is 0.412 e. The maximum absolute atomic E-state index is 15.0. The summed E-state index contributed by atoms with van der Waals surface area (Å²) >= 11 is 1.25. The Balaban J connectivity index is 1.24. The van der Waals surface area contributed by atoms with Crippen LogP contribution in [0.5, 0.6) is 11.8 Å². The number of aryl methyl sites for hydroxylation is 1. The van der Waals surface area contributed by atoms with E-state index in [2.05, 4.69) is 40.5 Å². The molecule has 45 heavy (non-hydrogen) atoms. The number of aliphatic hydroxyl groups is 1. The fourth-order valence-corrected chi connectivity index (χ4v) is 4.98. The van der Waals surface area contributed by atoms with E-state index in [9.17, 15) is 14.7 Å². The number of anilines is 1. The van der Waals surface area contributed by atoms with E-state index in [1.807, 2.05) is 19.1 Å². The number of carbonyl (C=O) groups excluding carboxylic acids is 2. The molecule has 3 atom stereocenters. The number of hydrogen-bond acceptors (Lipinski definition) is 13. The van der Waals surface area contributed by atoms with Gasteiger partial charge in [-0.3, -0.25) is 10.1 Å². The smallest absolute Gasteiger partial charge is 0.412 e. The summed E-state index contributed by atoms with van der Waals surface area (Å²) < 4.78 is 31.4. The molecule has 2 amide bonds. The minimum Gasteiger partial charge on any atom is -0.480 e. The highest BCUT2D eigenvalue weighted by Gasteiger charge is 2.23. The van der Waals surface area contributed by atoms with Gasteiger partial charge in [-0.2, -0.15) is 4.98 Å². The lowest BCUT2D eigenvalue weighted by atomic mass is 10.1. The van der Waals surface area contributed by atoms with Crippen LogP contribution in [0.25, 0.3) is 32.0 Å². The summed E-state index contributed by atoms with van der Waals surface area (Å²) in [5.74, 6) is -1.31. The van der Waals surface area contributed by atoms with Crippen molar-refractivity contribution in [3.8, 4) is 22.3 Å². The van der Waals surface area contributed by atoms with Crippen molar-refractivity contribution in [2.75, 3.05) is 19.0 Å². The second-order valence-electron chi connectivity index (χ2n) is 10.1. The van der Waals surface area contributed by atoms with Crippen LogP contribution in [-0.2, 0) is 4.74 Å². The summed E-state index contributed by atoms with van der Waals surface area (Å²) in [5.41, 5.74) is 3.46. The zero-order valence-corrected chi connectivity index (χ0v) is 25.7. The number of methoxy groups -OCH3 is 1. The van der Waals surface area contributed by atoms with Crippen LogP contribution in [0.3, 0.4) is 0 Å². The minimum absolute atomic E-state index is 0.0436. The number of thiazole rings is 1. The van der Waals surface area contributed by atoms with Crippen molar-refractivity contribution < 1.29 is 33.3 Å². The van der Waals surface area contributed by atoms with Crippen molar-refractivity contribution in [1.82, 2.24) is 35.2 Å². The summed E-state index contributed by atoms with van der Waals surface area (Å²) in [6.45, 7) is 6.69. The Morgan fingerprint density at radius 2 is 1.76 bits per heavy atom. The van der Waals surface area contributed by atoms with Gasteiger partial charge in [0.1, 0.15) is 27.6 Å². The Hall–Kier alpha value is -5.09. The SMILES string of the molecule is COc1cnc2c(-c3nc4cc(F)c(O[C@@H](C)[C@@H](C)OC(=O)Nc5cnc(C(=O)NC[C@H](C)O)nc5)nc4s3)cc(C)cc2n1. The Morgan fingerprint density at radius 3 is 2.47 bits per heavy atom. The molecular formula is C29H29FN8O6S. The molecule has 5 aromatic rings. The van der Waals surface area contributed by atoms with Crippen LogP contribution in [0.4, 0.5) is 14.9 Å². The normalized spacial score (nSPS) is 13.2. The highest BCUT2D eigenvalue weighted by Crippen LogP contribution is 2.35. The summed E-state index contributed by atoms with van der Waals surface area (Å²) in [5, 5.41) is 14.8. The molecule has 0 radical (unpaired) electrons. The molecule has 16 heteroatoms. The molecule has 0 aliphatic rings. The number of nitrogens with zero attached hydrogens (tertiary/aromatic N) is 6. The van der Waals surface area contributed by atoms with E-state index in [-0.39, 0.29) is 23.9 Å². The molecular weight excluding hydrogens is 607 g/mol. The van der Waals surface area contributed by atoms with E-state index in [0.717, 1.165) is 11.1 Å². The molecule has 0 aliphatic carbocycles. The Bertz CT molecular complexity index is 1870. The van der Waals surface area contributed by atoms with Crippen LogP contribution in [0, 0.1) is 12.7 Å². The molecule has 4 heterocycles. The first kappa shape index (κ1) is 31.3. The van der Waals surface area contributed by atoms with Crippen LogP contribution in [0.1, 0.15) is 37.0 Å². The Kier molecular flexibility index (Phi) is 9.24. The molecule has 0 spiro atoms. The van der Waals surface area contributed by atoms with Crippen LogP contribution >= 0.6 is 11.3 Å². The molecule has 1 aromatic carbocycles. The van der Waals surface area contributed by atoms with Crippen LogP contribution in [-0.4, -0.2) is 79.0 Å². The second kappa shape index (κ2) is 13.3. The van der Waals surface area contributed by atoms with Gasteiger partial charge in [-0.05, 0) is 45.4 Å². The summed E-state index contributed by atoms with van der Waals surface area (Å²) in [4.78, 5) is 50.5. The highest BCUT2D eigenvalue weighted by atomic mass is 32.1. The topological polar surface area (TPSA) is 183 Å². The number of ether oxygens (including phenoxy) is 3. The fourth-order valence-electron chi connectivity index (χ4n) is 4.05. The average molecular weight is 637 g/mol. The van der Waals surface area contributed by atoms with Gasteiger partial charge in [0.2, 0.25) is 11.7 Å². The van der Waals surface area contributed by atoms with Gasteiger partial charge in [-0.15, -0.1) is 0 Å². The quantitative estimate of drug-likeness (QED) is 0.200. The second-order valence-corrected chi connectivity index (χ2v) is 11.1. The van der Waals surface area contributed by atoms with Gasteiger partial charge in [0.05, 0.1) is 48.5 Å². The molecule has 4 aromatic heterocycles. The Labute approximate surface area is 260 Å². The van der Waals surface area contributed by atoms with E-state index in [4.69, 9.17) is 14.2 Å². The van der Waals surface area contributed by atoms with Gasteiger partial charge >= 0.3 is 6.09 Å². The van der Waals surface area contributed by atoms with E-state index < -0.39 is 36.1 Å². The minimum atomic E-state index is -0.838. The van der Waals surface area contributed by atoms with Crippen molar-refractivity contribution in [3.05, 3.63) is 54.0 Å². The van der Waals surface area contributed by atoms with Gasteiger partial charge in [0.15, 0.2) is 5.82 Å². The lowest BCUT2D eigenvalue weighted by Crippen LogP contribution is -2.33. The number of fused-ring (bicyclic) bond motifs is 2. The van der Waals surface area contributed by atoms with E-state index in [0.29, 0.717) is 32.3 Å². The van der Waals surface area contributed by atoms with Crippen LogP contribution in [0.15, 0.2) is 36.8 Å². The third-order valence-corrected chi connectivity index (χ3v) is 7.42. The van der Waals surface area contributed by atoms with Gasteiger partial charge in [0, 0.05) is 18.2 Å². The predicted octanol–water partition coefficient (Wildman–Crippen LogP) is 4.06. The van der Waals surface area contributed by atoms with E-state index in [1.165, 1.54) is 50.0 Å². The molecule has 234 valence electrons. The third-order valence-electron chi connectivity index (χ3n) is 6.42. The summed E-state index contributed by atoms with van der Waals surface area (Å²) in [6, 6.07) is 5.06. The van der Waals surface area contributed by atoms with E-state index >= 15 is 4.39 Å². The van der Waals surface area contributed by atoms with Crippen molar-refractivity contribution >= 4 is 50.4 Å². The molecule has 5 rings (SSSR count). The van der Waals surface area contributed by atoms with Crippen molar-refractivity contribution in [1.29, 1.82) is 0 Å². The van der Waals surface area contributed by atoms with Gasteiger partial charge in [-0.1, -0.05) is 11.3 Å². The van der Waals surface area contributed by atoms with Gasteiger partial charge in [-0.25, -0.2) is 34.1 Å². The number of amides is 2.